The number of urea groups is 1. The largest absolute Gasteiger partial charge is 1.00 e. The number of ketones is 1. The van der Waals surface area contributed by atoms with Crippen LogP contribution in [0, 0.1) is 5.92 Å². The van der Waals surface area contributed by atoms with Gasteiger partial charge in [-0.2, -0.15) is 0 Å². The van der Waals surface area contributed by atoms with Gasteiger partial charge < -0.3 is 25.5 Å². The average molecular weight is 609 g/mol. The van der Waals surface area contributed by atoms with Crippen LogP contribution in [0.25, 0.3) is 16.0 Å². The summed E-state index contributed by atoms with van der Waals surface area (Å²) in [6, 6.07) is -0.346. The Hall–Kier alpha value is 3.83. The monoisotopic (exact) mass is 607 g/mol. The van der Waals surface area contributed by atoms with Crippen LogP contribution in [0.15, 0.2) is 0 Å². The first-order valence-corrected chi connectivity index (χ1v) is 9.48. The van der Waals surface area contributed by atoms with Gasteiger partial charge in [-0.1, -0.05) is 53.4 Å². The molecule has 0 radical (unpaired) electrons. The standard InChI is InChI=1S/C19H36N3O3.3Rb/c1-15(2)17(23)11-7-5-9-13-20-19(25)21-14-10-6-8-12-18(24)22-16(3)4;;;/h15-16H,5-14H2,1-4H3,(H2-,20,21,22,24,25);;;/q-1;3*+1/p-2. The maximum atomic E-state index is 11.5. The molecule has 0 heterocycles. The van der Waals surface area contributed by atoms with E-state index in [9.17, 15) is 14.4 Å². The molecule has 0 saturated carbocycles. The number of hydrogen-bond donors (Lipinski definition) is 0. The van der Waals surface area contributed by atoms with Gasteiger partial charge in [0.15, 0.2) is 0 Å². The van der Waals surface area contributed by atoms with Crippen molar-refractivity contribution in [3.63, 3.8) is 0 Å². The Balaban J connectivity index is -0.000000960. The molecule has 0 aromatic rings. The molecule has 0 rings (SSSR count). The summed E-state index contributed by atoms with van der Waals surface area (Å²) < 4.78 is 0. The fraction of sp³-hybridized carbons (Fsp3) is 0.842. The van der Waals surface area contributed by atoms with Gasteiger partial charge in [-0.3, -0.25) is 4.79 Å². The van der Waals surface area contributed by atoms with Crippen molar-refractivity contribution in [2.24, 2.45) is 5.92 Å². The second-order valence-electron chi connectivity index (χ2n) is 6.90. The fourth-order valence-corrected chi connectivity index (χ4v) is 2.19. The van der Waals surface area contributed by atoms with Crippen LogP contribution in [0.1, 0.15) is 79.1 Å². The molecule has 0 saturated heterocycles. The minimum Gasteiger partial charge on any atom is -0.670 e. The predicted molar refractivity (Wildman–Crippen MR) is 102 cm³/mol. The van der Waals surface area contributed by atoms with E-state index in [-0.39, 0.29) is 192 Å². The molecule has 28 heavy (non-hydrogen) atoms. The van der Waals surface area contributed by atoms with Gasteiger partial charge in [0, 0.05) is 12.3 Å². The maximum absolute atomic E-state index is 11.5. The summed E-state index contributed by atoms with van der Waals surface area (Å²) in [5.74, 6) is 0.350. The normalized spacial score (nSPS) is 9.64. The molecule has 9 heteroatoms. The zero-order chi connectivity index (χ0) is 19.1. The number of carbonyl (C=O) groups is 3. The van der Waals surface area contributed by atoms with Gasteiger partial charge in [0.2, 0.25) is 0 Å². The van der Waals surface area contributed by atoms with Crippen molar-refractivity contribution < 1.29 is 189 Å². The molecule has 0 aliphatic carbocycles. The zero-order valence-electron chi connectivity index (χ0n) is 19.3. The topological polar surface area (TPSA) is 93.5 Å². The Morgan fingerprint density at radius 1 is 0.679 bits per heavy atom. The Morgan fingerprint density at radius 3 is 1.57 bits per heavy atom. The summed E-state index contributed by atoms with van der Waals surface area (Å²) in [5.41, 5.74) is 0. The van der Waals surface area contributed by atoms with Crippen molar-refractivity contribution >= 4 is 17.7 Å². The summed E-state index contributed by atoms with van der Waals surface area (Å²) >= 11 is 0. The van der Waals surface area contributed by atoms with Crippen LogP contribution in [0.5, 0.6) is 0 Å². The molecular formula is C19H34N3O3Rb3. The number of Topliss-reactive ketones (excluding diaryl/α,β-unsaturated/α-hetero) is 1. The van der Waals surface area contributed by atoms with E-state index in [1.807, 2.05) is 27.7 Å². The Bertz CT molecular complexity index is 409. The van der Waals surface area contributed by atoms with E-state index in [1.54, 1.807) is 0 Å². The van der Waals surface area contributed by atoms with Crippen molar-refractivity contribution in [3.05, 3.63) is 16.0 Å². The first-order chi connectivity index (χ1) is 11.8. The van der Waals surface area contributed by atoms with E-state index in [2.05, 4.69) is 16.0 Å². The van der Waals surface area contributed by atoms with E-state index < -0.39 is 6.03 Å². The molecule has 3 amide bonds. The molecular weight excluding hydrogens is 575 g/mol. The Kier molecular flexibility index (Phi) is 37.8. The second kappa shape index (κ2) is 27.1. The van der Waals surface area contributed by atoms with Gasteiger partial charge in [-0.25, -0.2) is 0 Å². The number of rotatable bonds is 14. The SMILES string of the molecule is CC(C)[N-]C(=O)CCCCC[N-]C(=O)[N-]CCCCCC(=O)C(C)C.[Rb+].[Rb+].[Rb+]. The maximum Gasteiger partial charge on any atom is 1.00 e. The molecule has 0 N–H and O–H groups in total. The quantitative estimate of drug-likeness (QED) is 0.192. The molecule has 0 fully saturated rings. The number of nitrogens with zero attached hydrogens (tertiary/aromatic N) is 3. The fourth-order valence-electron chi connectivity index (χ4n) is 2.19. The molecule has 0 aromatic heterocycles. The summed E-state index contributed by atoms with van der Waals surface area (Å²) in [4.78, 5) is 34.3. The molecule has 0 spiro atoms. The second-order valence-corrected chi connectivity index (χ2v) is 6.90. The van der Waals surface area contributed by atoms with E-state index >= 15 is 0 Å². The minimum atomic E-state index is -0.399. The molecule has 0 aromatic carbocycles. The Labute approximate surface area is 318 Å². The van der Waals surface area contributed by atoms with Crippen molar-refractivity contribution in [2.75, 3.05) is 13.1 Å². The van der Waals surface area contributed by atoms with Crippen LogP contribution in [-0.2, 0) is 9.59 Å². The van der Waals surface area contributed by atoms with Gasteiger partial charge in [-0.05, 0) is 25.3 Å². The number of amides is 3. The van der Waals surface area contributed by atoms with Crippen LogP contribution in [0.4, 0.5) is 4.79 Å². The molecule has 0 atom stereocenters. The van der Waals surface area contributed by atoms with Crippen LogP contribution >= 0.6 is 0 Å². The van der Waals surface area contributed by atoms with Crippen molar-refractivity contribution in [1.82, 2.24) is 0 Å². The first kappa shape index (κ1) is 39.1. The van der Waals surface area contributed by atoms with Gasteiger partial charge in [0.1, 0.15) is 5.78 Å². The van der Waals surface area contributed by atoms with Crippen molar-refractivity contribution in [3.8, 4) is 0 Å². The predicted octanol–water partition coefficient (Wildman–Crippen LogP) is -3.48. The van der Waals surface area contributed by atoms with Crippen molar-refractivity contribution in [1.29, 1.82) is 0 Å². The average Bonchev–Trinajstić information content (AvgIpc) is 2.52. The van der Waals surface area contributed by atoms with Crippen LogP contribution < -0.4 is 175 Å². The third kappa shape index (κ3) is 27.9. The first-order valence-electron chi connectivity index (χ1n) is 9.48. The summed E-state index contributed by atoms with van der Waals surface area (Å²) in [6.07, 6.45) is 6.09. The smallest absolute Gasteiger partial charge is 0.670 e. The minimum absolute atomic E-state index is 0. The molecule has 6 nitrogen and oxygen atoms in total. The number of carbonyl (C=O) groups excluding carboxylic acids is 3. The molecule has 0 aliphatic rings. The molecule has 146 valence electrons. The van der Waals surface area contributed by atoms with Crippen LogP contribution in [0.3, 0.4) is 0 Å². The zero-order valence-corrected chi connectivity index (χ0v) is 34.0. The van der Waals surface area contributed by atoms with E-state index in [0.29, 0.717) is 31.7 Å². The third-order valence-corrected chi connectivity index (χ3v) is 3.67. The van der Waals surface area contributed by atoms with Crippen molar-refractivity contribution in [2.45, 2.75) is 85.1 Å². The summed E-state index contributed by atoms with van der Waals surface area (Å²) in [5, 5.41) is 11.7. The molecule has 0 aliphatic heterocycles. The molecule has 0 bridgehead atoms. The van der Waals surface area contributed by atoms with Gasteiger partial charge >= 0.3 is 175 Å². The van der Waals surface area contributed by atoms with E-state index in [0.717, 1.165) is 38.5 Å². The Morgan fingerprint density at radius 2 is 1.14 bits per heavy atom. The van der Waals surface area contributed by atoms with Crippen LogP contribution in [0.2, 0.25) is 0 Å². The molecule has 0 unspecified atom stereocenters. The van der Waals surface area contributed by atoms with Gasteiger partial charge in [-0.15, -0.1) is 19.1 Å². The number of unbranched alkanes of at least 4 members (excludes halogenated alkanes) is 4. The third-order valence-electron chi connectivity index (χ3n) is 3.67. The van der Waals surface area contributed by atoms with Crippen LogP contribution in [-0.4, -0.2) is 36.9 Å². The van der Waals surface area contributed by atoms with Gasteiger partial charge in [0.25, 0.3) is 0 Å². The van der Waals surface area contributed by atoms with E-state index in [1.165, 1.54) is 0 Å². The summed E-state index contributed by atoms with van der Waals surface area (Å²) in [7, 11) is 0. The van der Waals surface area contributed by atoms with Gasteiger partial charge in [0.05, 0.1) is 5.91 Å². The van der Waals surface area contributed by atoms with E-state index in [4.69, 9.17) is 0 Å². The summed E-state index contributed by atoms with van der Waals surface area (Å²) in [6.45, 7) is 8.53. The number of hydrogen-bond acceptors (Lipinski definition) is 3.